The topological polar surface area (TPSA) is 60.0 Å². The number of rotatable bonds is 2. The zero-order valence-corrected chi connectivity index (χ0v) is 17.2. The van der Waals surface area contributed by atoms with Gasteiger partial charge in [0.1, 0.15) is 5.84 Å². The molecule has 2 aliphatic carbocycles. The van der Waals surface area contributed by atoms with Gasteiger partial charge in [-0.1, -0.05) is 24.3 Å². The molecule has 5 rings (SSSR count). The molecule has 2 spiro atoms. The number of benzene rings is 2. The first-order valence-corrected chi connectivity index (χ1v) is 10.4. The highest BCUT2D eigenvalue weighted by molar-refractivity contribution is 6.41. The van der Waals surface area contributed by atoms with Crippen molar-refractivity contribution in [1.82, 2.24) is 0 Å². The van der Waals surface area contributed by atoms with Crippen LogP contribution in [0.2, 0.25) is 0 Å². The molecule has 0 amide bonds. The lowest BCUT2D eigenvalue weighted by atomic mass is 9.65. The Bertz CT molecular complexity index is 1070. The number of aliphatic imine (C=N–C) groups is 2. The minimum absolute atomic E-state index is 0.175. The summed E-state index contributed by atoms with van der Waals surface area (Å²) in [6, 6.07) is 10.1. The van der Waals surface area contributed by atoms with Gasteiger partial charge in [-0.05, 0) is 62.3 Å². The second-order valence-electron chi connectivity index (χ2n) is 8.73. The molecule has 2 N–H and O–H groups in total. The van der Waals surface area contributed by atoms with Crippen molar-refractivity contribution in [2.75, 3.05) is 7.11 Å². The zero-order chi connectivity index (χ0) is 21.1. The Kier molecular flexibility index (Phi) is 4.33. The molecule has 0 bridgehead atoms. The van der Waals surface area contributed by atoms with Crippen molar-refractivity contribution in [1.29, 1.82) is 0 Å². The smallest absolute Gasteiger partial charge is 0.184 e. The van der Waals surface area contributed by atoms with E-state index < -0.39 is 17.3 Å². The van der Waals surface area contributed by atoms with Crippen LogP contribution >= 0.6 is 0 Å². The number of ether oxygens (including phenoxy) is 1. The van der Waals surface area contributed by atoms with Gasteiger partial charge in [-0.3, -0.25) is 4.99 Å². The van der Waals surface area contributed by atoms with Gasteiger partial charge in [0.25, 0.3) is 0 Å². The molecule has 3 aliphatic rings. The first-order valence-electron chi connectivity index (χ1n) is 10.4. The Balaban J connectivity index is 1.67. The minimum atomic E-state index is -0.853. The Morgan fingerprint density at radius 3 is 2.53 bits per heavy atom. The largest absolute Gasteiger partial charge is 0.382 e. The molecule has 156 valence electrons. The van der Waals surface area contributed by atoms with Crippen molar-refractivity contribution < 1.29 is 13.5 Å². The molecule has 6 heteroatoms. The molecule has 1 aliphatic heterocycles. The summed E-state index contributed by atoms with van der Waals surface area (Å²) in [5.74, 6) is -1.23. The van der Waals surface area contributed by atoms with Crippen molar-refractivity contribution >= 4 is 11.5 Å². The molecule has 0 unspecified atom stereocenters. The fourth-order valence-electron chi connectivity index (χ4n) is 5.57. The maximum atomic E-state index is 14.5. The number of halogens is 2. The second kappa shape index (κ2) is 6.71. The molecule has 1 atom stereocenters. The van der Waals surface area contributed by atoms with Crippen molar-refractivity contribution in [2.24, 2.45) is 21.1 Å². The molecule has 0 aromatic heterocycles. The van der Waals surface area contributed by atoms with Crippen LogP contribution in [0.4, 0.5) is 8.78 Å². The lowest BCUT2D eigenvalue weighted by Crippen LogP contribution is -2.43. The molecular formula is C24H25F2N3O. The molecule has 4 nitrogen and oxygen atoms in total. The van der Waals surface area contributed by atoms with Crippen LogP contribution in [0.1, 0.15) is 43.7 Å². The summed E-state index contributed by atoms with van der Waals surface area (Å²) in [6.45, 7) is 1.89. The standard InChI is InChI=1S/C24H25F2N3O/c1-14-22(27)29-24(28-14)19-12-15(18-4-3-5-20(25)21(18)26)6-7-16(19)13-23(24)10-8-17(30-2)9-11-23/h3-7,12,17H,8-11,13H2,1-2H3,(H2,27,29)/t17?,23?,24-/m0/s1. The number of nitrogens with two attached hydrogens (primary N) is 1. The molecule has 30 heavy (non-hydrogen) atoms. The van der Waals surface area contributed by atoms with Gasteiger partial charge in [0.2, 0.25) is 0 Å². The third kappa shape index (κ3) is 2.59. The van der Waals surface area contributed by atoms with E-state index in [0.717, 1.165) is 55.0 Å². The molecule has 1 fully saturated rings. The van der Waals surface area contributed by atoms with Crippen molar-refractivity contribution in [3.05, 3.63) is 59.2 Å². The van der Waals surface area contributed by atoms with Crippen LogP contribution < -0.4 is 5.73 Å². The van der Waals surface area contributed by atoms with Crippen LogP contribution in [0.5, 0.6) is 0 Å². The fourth-order valence-corrected chi connectivity index (χ4v) is 5.57. The van der Waals surface area contributed by atoms with Gasteiger partial charge in [0.15, 0.2) is 17.3 Å². The summed E-state index contributed by atoms with van der Waals surface area (Å²) < 4.78 is 33.9. The summed E-state index contributed by atoms with van der Waals surface area (Å²) in [5, 5.41) is 0. The van der Waals surface area contributed by atoms with E-state index in [9.17, 15) is 8.78 Å². The van der Waals surface area contributed by atoms with E-state index in [0.29, 0.717) is 11.4 Å². The van der Waals surface area contributed by atoms with E-state index in [4.69, 9.17) is 20.5 Å². The maximum Gasteiger partial charge on any atom is 0.184 e. The van der Waals surface area contributed by atoms with Crippen LogP contribution in [0, 0.1) is 17.0 Å². The molecular weight excluding hydrogens is 384 g/mol. The van der Waals surface area contributed by atoms with Crippen LogP contribution in [-0.2, 0) is 16.8 Å². The Labute approximate surface area is 174 Å². The van der Waals surface area contributed by atoms with Crippen LogP contribution in [0.3, 0.4) is 0 Å². The predicted octanol–water partition coefficient (Wildman–Crippen LogP) is 4.75. The first-order chi connectivity index (χ1) is 14.4. The number of hydrogen-bond donors (Lipinski definition) is 1. The Hall–Kier alpha value is -2.60. The number of methoxy groups -OCH3 is 1. The summed E-state index contributed by atoms with van der Waals surface area (Å²) in [7, 11) is 1.76. The van der Waals surface area contributed by atoms with Gasteiger partial charge < -0.3 is 10.5 Å². The van der Waals surface area contributed by atoms with Gasteiger partial charge in [0.05, 0.1) is 11.8 Å². The average molecular weight is 409 g/mol. The van der Waals surface area contributed by atoms with E-state index in [2.05, 4.69) is 0 Å². The number of fused-ring (bicyclic) bond motifs is 3. The van der Waals surface area contributed by atoms with E-state index >= 15 is 0 Å². The summed E-state index contributed by atoms with van der Waals surface area (Å²) in [5.41, 5.74) is 8.96. The fraction of sp³-hybridized carbons (Fsp3) is 0.417. The van der Waals surface area contributed by atoms with Crippen molar-refractivity contribution in [3.8, 4) is 11.1 Å². The number of amidine groups is 1. The molecule has 2 aromatic carbocycles. The van der Waals surface area contributed by atoms with Crippen LogP contribution in [0.25, 0.3) is 11.1 Å². The SMILES string of the molecule is COC1CCC2(CC1)Cc1ccc(-c3cccc(F)c3F)cc1[C@@]21N=C(C)C(N)=N1. The molecule has 1 heterocycles. The molecule has 2 aromatic rings. The zero-order valence-electron chi connectivity index (χ0n) is 17.2. The van der Waals surface area contributed by atoms with Gasteiger partial charge in [0, 0.05) is 23.7 Å². The highest BCUT2D eigenvalue weighted by Crippen LogP contribution is 2.62. The van der Waals surface area contributed by atoms with E-state index in [-0.39, 0.29) is 17.1 Å². The molecule has 0 saturated heterocycles. The van der Waals surface area contributed by atoms with Crippen LogP contribution in [-0.4, -0.2) is 24.8 Å². The van der Waals surface area contributed by atoms with E-state index in [1.54, 1.807) is 13.2 Å². The molecule has 1 saturated carbocycles. The van der Waals surface area contributed by atoms with Crippen LogP contribution in [0.15, 0.2) is 46.4 Å². The minimum Gasteiger partial charge on any atom is -0.382 e. The summed E-state index contributed by atoms with van der Waals surface area (Å²) in [4.78, 5) is 9.95. The monoisotopic (exact) mass is 409 g/mol. The highest BCUT2D eigenvalue weighted by atomic mass is 19.2. The van der Waals surface area contributed by atoms with Gasteiger partial charge in [-0.15, -0.1) is 0 Å². The van der Waals surface area contributed by atoms with Gasteiger partial charge in [-0.2, -0.15) is 0 Å². The molecule has 0 radical (unpaired) electrons. The summed E-state index contributed by atoms with van der Waals surface area (Å²) in [6.07, 6.45) is 4.84. The maximum absolute atomic E-state index is 14.5. The van der Waals surface area contributed by atoms with E-state index in [1.807, 2.05) is 25.1 Å². The number of nitrogens with zero attached hydrogens (tertiary/aromatic N) is 2. The predicted molar refractivity (Wildman–Crippen MR) is 114 cm³/mol. The quantitative estimate of drug-likeness (QED) is 0.778. The lowest BCUT2D eigenvalue weighted by molar-refractivity contribution is -0.000372. The second-order valence-corrected chi connectivity index (χ2v) is 8.73. The van der Waals surface area contributed by atoms with E-state index in [1.165, 1.54) is 6.07 Å². The summed E-state index contributed by atoms with van der Waals surface area (Å²) >= 11 is 0. The first kappa shape index (κ1) is 19.4. The third-order valence-electron chi connectivity index (χ3n) is 7.22. The lowest BCUT2D eigenvalue weighted by Gasteiger charge is -2.44. The van der Waals surface area contributed by atoms with Gasteiger partial charge >= 0.3 is 0 Å². The Morgan fingerprint density at radius 2 is 1.87 bits per heavy atom. The van der Waals surface area contributed by atoms with Crippen molar-refractivity contribution in [2.45, 2.75) is 50.8 Å². The van der Waals surface area contributed by atoms with Gasteiger partial charge in [-0.25, -0.2) is 13.8 Å². The highest BCUT2D eigenvalue weighted by Gasteiger charge is 2.60. The normalized spacial score (nSPS) is 29.9. The number of hydrogen-bond acceptors (Lipinski definition) is 4. The third-order valence-corrected chi connectivity index (χ3v) is 7.22. The Morgan fingerprint density at radius 1 is 1.10 bits per heavy atom. The van der Waals surface area contributed by atoms with Crippen molar-refractivity contribution in [3.63, 3.8) is 0 Å². The average Bonchev–Trinajstić information content (AvgIpc) is 3.18.